The number of hydrogen-bond donors (Lipinski definition) is 1. The van der Waals surface area contributed by atoms with Crippen LogP contribution in [-0.2, 0) is 6.42 Å². The fourth-order valence-electron chi connectivity index (χ4n) is 2.47. The second-order valence-electron chi connectivity index (χ2n) is 4.64. The molecule has 100 valence electrons. The van der Waals surface area contributed by atoms with Gasteiger partial charge >= 0.3 is 0 Å². The Morgan fingerprint density at radius 2 is 2.11 bits per heavy atom. The van der Waals surface area contributed by atoms with Crippen molar-refractivity contribution in [1.29, 1.82) is 0 Å². The highest BCUT2D eigenvalue weighted by Gasteiger charge is 2.23. The Bertz CT molecular complexity index is 611. The van der Waals surface area contributed by atoms with Gasteiger partial charge in [-0.25, -0.2) is 4.39 Å². The van der Waals surface area contributed by atoms with Crippen molar-refractivity contribution >= 4 is 48.9 Å². The molecular weight excluding hydrogens is 393 g/mol. The number of nitrogens with one attached hydrogen (secondary N) is 1. The summed E-state index contributed by atoms with van der Waals surface area (Å²) in [6.45, 7) is 0. The van der Waals surface area contributed by atoms with Crippen LogP contribution in [0.3, 0.4) is 0 Å². The number of aryl methyl sites for hydroxylation is 1. The van der Waals surface area contributed by atoms with Gasteiger partial charge in [-0.1, -0.05) is 15.9 Å². The van der Waals surface area contributed by atoms with Crippen molar-refractivity contribution in [3.63, 3.8) is 0 Å². The van der Waals surface area contributed by atoms with Crippen LogP contribution in [0.25, 0.3) is 0 Å². The molecule has 2 aromatic rings. The zero-order chi connectivity index (χ0) is 13.4. The molecule has 3 rings (SSSR count). The van der Waals surface area contributed by atoms with Gasteiger partial charge in [0.05, 0.1) is 15.5 Å². The molecule has 1 aromatic carbocycles. The van der Waals surface area contributed by atoms with E-state index in [9.17, 15) is 4.39 Å². The van der Waals surface area contributed by atoms with Crippen LogP contribution in [0.1, 0.15) is 29.3 Å². The molecule has 1 nitrogen and oxygen atoms in total. The summed E-state index contributed by atoms with van der Waals surface area (Å²) < 4.78 is 15.8. The van der Waals surface area contributed by atoms with Gasteiger partial charge < -0.3 is 5.32 Å². The Morgan fingerprint density at radius 3 is 2.89 bits per heavy atom. The summed E-state index contributed by atoms with van der Waals surface area (Å²) in [5, 5.41) is 3.34. The molecule has 1 heterocycles. The molecule has 0 aliphatic heterocycles. The van der Waals surface area contributed by atoms with Crippen molar-refractivity contribution in [2.24, 2.45) is 0 Å². The molecule has 0 saturated carbocycles. The largest absolute Gasteiger partial charge is 0.376 e. The lowest BCUT2D eigenvalue weighted by Gasteiger charge is -2.24. The summed E-state index contributed by atoms with van der Waals surface area (Å²) >= 11 is 8.60. The van der Waals surface area contributed by atoms with E-state index in [1.54, 1.807) is 17.4 Å². The second kappa shape index (κ2) is 5.54. The maximum absolute atomic E-state index is 13.9. The summed E-state index contributed by atoms with van der Waals surface area (Å²) in [6.07, 6.45) is 3.33. The number of anilines is 1. The first-order valence-electron chi connectivity index (χ1n) is 6.13. The van der Waals surface area contributed by atoms with Crippen molar-refractivity contribution < 1.29 is 4.39 Å². The average Bonchev–Trinajstić information content (AvgIpc) is 2.74. The summed E-state index contributed by atoms with van der Waals surface area (Å²) in [5.74, 6) is -0.212. The van der Waals surface area contributed by atoms with Crippen molar-refractivity contribution in [3.8, 4) is 0 Å². The lowest BCUT2D eigenvalue weighted by molar-refractivity contribution is 0.592. The van der Waals surface area contributed by atoms with E-state index in [0.29, 0.717) is 5.69 Å². The smallest absolute Gasteiger partial charge is 0.147 e. The molecule has 0 saturated heterocycles. The summed E-state index contributed by atoms with van der Waals surface area (Å²) in [5.41, 5.74) is 1.88. The molecular formula is C14H12Br2FNS. The lowest BCUT2D eigenvalue weighted by atomic mass is 9.94. The molecule has 0 fully saturated rings. The summed E-state index contributed by atoms with van der Waals surface area (Å²) in [6, 6.07) is 7.51. The third kappa shape index (κ3) is 2.88. The fourth-order valence-corrected chi connectivity index (χ4v) is 4.62. The summed E-state index contributed by atoms with van der Waals surface area (Å²) in [4.78, 5) is 1.41. The van der Waals surface area contributed by atoms with Crippen LogP contribution in [0.15, 0.2) is 32.5 Å². The quantitative estimate of drug-likeness (QED) is 0.656. The predicted octanol–water partition coefficient (Wildman–Crippen LogP) is 5.90. The van der Waals surface area contributed by atoms with E-state index in [-0.39, 0.29) is 11.9 Å². The van der Waals surface area contributed by atoms with Crippen LogP contribution >= 0.6 is 43.2 Å². The third-order valence-electron chi connectivity index (χ3n) is 3.34. The maximum atomic E-state index is 13.9. The predicted molar refractivity (Wildman–Crippen MR) is 85.4 cm³/mol. The normalized spacial score (nSPS) is 18.2. The van der Waals surface area contributed by atoms with Crippen LogP contribution in [-0.4, -0.2) is 0 Å². The van der Waals surface area contributed by atoms with Crippen LogP contribution in [0.2, 0.25) is 0 Å². The Kier molecular flexibility index (Phi) is 3.96. The Hall–Kier alpha value is -0.390. The number of thiophene rings is 1. The van der Waals surface area contributed by atoms with Crippen LogP contribution in [0.4, 0.5) is 10.1 Å². The number of hydrogen-bond acceptors (Lipinski definition) is 2. The first-order chi connectivity index (χ1) is 9.13. The highest BCUT2D eigenvalue weighted by molar-refractivity contribution is 9.11. The molecule has 1 aromatic heterocycles. The Balaban J connectivity index is 1.88. The molecule has 0 spiro atoms. The highest BCUT2D eigenvalue weighted by Crippen LogP contribution is 2.39. The van der Waals surface area contributed by atoms with Crippen LogP contribution in [0.5, 0.6) is 0 Å². The minimum atomic E-state index is -0.212. The van der Waals surface area contributed by atoms with Crippen molar-refractivity contribution in [2.75, 3.05) is 5.32 Å². The van der Waals surface area contributed by atoms with Gasteiger partial charge in [-0.05, 0) is 65.0 Å². The van der Waals surface area contributed by atoms with Gasteiger partial charge in [0.2, 0.25) is 0 Å². The first-order valence-corrected chi connectivity index (χ1v) is 8.53. The van der Waals surface area contributed by atoms with E-state index in [4.69, 9.17) is 0 Å². The lowest BCUT2D eigenvalue weighted by Crippen LogP contribution is -2.16. The SMILES string of the molecule is Fc1cc(Br)ccc1NC1CCCc2sc(Br)cc21. The molecule has 0 bridgehead atoms. The van der Waals surface area contributed by atoms with E-state index in [2.05, 4.69) is 43.2 Å². The van der Waals surface area contributed by atoms with E-state index >= 15 is 0 Å². The minimum Gasteiger partial charge on any atom is -0.376 e. The van der Waals surface area contributed by atoms with E-state index < -0.39 is 0 Å². The molecule has 1 unspecified atom stereocenters. The van der Waals surface area contributed by atoms with Gasteiger partial charge in [-0.15, -0.1) is 11.3 Å². The molecule has 19 heavy (non-hydrogen) atoms. The molecule has 1 atom stereocenters. The van der Waals surface area contributed by atoms with E-state index in [1.165, 1.54) is 16.5 Å². The molecule has 5 heteroatoms. The number of fused-ring (bicyclic) bond motifs is 1. The number of rotatable bonds is 2. The Morgan fingerprint density at radius 1 is 1.26 bits per heavy atom. The summed E-state index contributed by atoms with van der Waals surface area (Å²) in [7, 11) is 0. The van der Waals surface area contributed by atoms with Gasteiger partial charge in [-0.3, -0.25) is 0 Å². The third-order valence-corrected chi connectivity index (χ3v) is 5.55. The van der Waals surface area contributed by atoms with Crippen molar-refractivity contribution in [1.82, 2.24) is 0 Å². The zero-order valence-corrected chi connectivity index (χ0v) is 14.0. The van der Waals surface area contributed by atoms with Crippen molar-refractivity contribution in [3.05, 3.63) is 48.8 Å². The second-order valence-corrected chi connectivity index (χ2v) is 8.07. The molecule has 0 radical (unpaired) electrons. The van der Waals surface area contributed by atoms with Gasteiger partial charge in [0.1, 0.15) is 5.82 Å². The van der Waals surface area contributed by atoms with Gasteiger partial charge in [0.25, 0.3) is 0 Å². The van der Waals surface area contributed by atoms with E-state index in [0.717, 1.165) is 27.5 Å². The monoisotopic (exact) mass is 403 g/mol. The maximum Gasteiger partial charge on any atom is 0.147 e. The topological polar surface area (TPSA) is 12.0 Å². The minimum absolute atomic E-state index is 0.210. The van der Waals surface area contributed by atoms with Crippen molar-refractivity contribution in [2.45, 2.75) is 25.3 Å². The molecule has 1 N–H and O–H groups in total. The first kappa shape index (κ1) is 13.6. The van der Waals surface area contributed by atoms with Crippen LogP contribution < -0.4 is 5.32 Å². The van der Waals surface area contributed by atoms with Gasteiger partial charge in [-0.2, -0.15) is 0 Å². The van der Waals surface area contributed by atoms with Crippen LogP contribution in [0, 0.1) is 5.82 Å². The number of benzene rings is 1. The number of halogens is 3. The molecule has 1 aliphatic rings. The van der Waals surface area contributed by atoms with Gasteiger partial charge in [0.15, 0.2) is 0 Å². The molecule has 0 amide bonds. The fraction of sp³-hybridized carbons (Fsp3) is 0.286. The highest BCUT2D eigenvalue weighted by atomic mass is 79.9. The van der Waals surface area contributed by atoms with E-state index in [1.807, 2.05) is 6.07 Å². The zero-order valence-electron chi connectivity index (χ0n) is 10.1. The molecule has 1 aliphatic carbocycles. The van der Waals surface area contributed by atoms with Gasteiger partial charge in [0, 0.05) is 9.35 Å². The standard InChI is InChI=1S/C14H12Br2FNS/c15-8-4-5-12(10(17)6-8)18-11-2-1-3-13-9(11)7-14(16)19-13/h4-7,11,18H,1-3H2. The Labute approximate surface area is 132 Å². The average molecular weight is 405 g/mol.